The van der Waals surface area contributed by atoms with Crippen molar-refractivity contribution in [3.05, 3.63) is 35.4 Å². The van der Waals surface area contributed by atoms with Crippen molar-refractivity contribution in [2.75, 3.05) is 53.0 Å². The number of halogens is 3. The fourth-order valence-electron chi connectivity index (χ4n) is 3.79. The summed E-state index contributed by atoms with van der Waals surface area (Å²) in [6.07, 6.45) is 4.35. The fourth-order valence-corrected chi connectivity index (χ4v) is 6.69. The summed E-state index contributed by atoms with van der Waals surface area (Å²) < 4.78 is 1.31. The van der Waals surface area contributed by atoms with Gasteiger partial charge < -0.3 is 42.3 Å². The van der Waals surface area contributed by atoms with Crippen LogP contribution in [0.2, 0.25) is 0 Å². The third-order valence-electron chi connectivity index (χ3n) is 4.57. The van der Waals surface area contributed by atoms with Gasteiger partial charge in [0.15, 0.2) is 0 Å². The molecule has 2 atom stereocenters. The van der Waals surface area contributed by atoms with Crippen molar-refractivity contribution in [3.8, 4) is 0 Å². The second kappa shape index (κ2) is 14.9. The monoisotopic (exact) mass is 545 g/mol. The van der Waals surface area contributed by atoms with Gasteiger partial charge >= 0.3 is 19.5 Å². The summed E-state index contributed by atoms with van der Waals surface area (Å²) in [5.74, 6) is 0.653. The average Bonchev–Trinajstić information content (AvgIpc) is 2.48. The molecule has 1 N–H and O–H groups in total. The maximum Gasteiger partial charge on any atom is 2.00 e. The van der Waals surface area contributed by atoms with E-state index in [1.54, 1.807) is 0 Å². The van der Waals surface area contributed by atoms with Crippen molar-refractivity contribution in [2.24, 2.45) is 0 Å². The van der Waals surface area contributed by atoms with Gasteiger partial charge in [-0.3, -0.25) is 4.48 Å². The predicted octanol–water partition coefficient (Wildman–Crippen LogP) is -5.96. The number of hydrogen-bond donors (Lipinski definition) is 1. The summed E-state index contributed by atoms with van der Waals surface area (Å²) in [6.45, 7) is 10.4. The summed E-state index contributed by atoms with van der Waals surface area (Å²) in [5, 5.41) is 7.00. The molecule has 0 spiro atoms. The Morgan fingerprint density at radius 1 is 0.963 bits per heavy atom. The number of aliphatic hydroxyl groups excluding tert-OH is 1. The SMILES string of the molecule is CO.C[N+]12CN3CN(CP(C3)C1)C2.Cc1ccc(C(C)C)cc1.[Cl-].[Cl-].[Cl-].[Ru+2]. The molecule has 0 radical (unpaired) electrons. The van der Waals surface area contributed by atoms with Gasteiger partial charge in [-0.05, 0) is 26.3 Å². The third-order valence-corrected chi connectivity index (χ3v) is 7.25. The van der Waals surface area contributed by atoms with Crippen LogP contribution < -0.4 is 37.2 Å². The Hall–Kier alpha value is 0.983. The van der Waals surface area contributed by atoms with Crippen LogP contribution in [-0.2, 0) is 19.5 Å². The zero-order valence-electron chi connectivity index (χ0n) is 16.9. The molecule has 0 aromatic heterocycles. The topological polar surface area (TPSA) is 26.7 Å². The Morgan fingerprint density at radius 2 is 1.41 bits per heavy atom. The van der Waals surface area contributed by atoms with Crippen LogP contribution in [0.4, 0.5) is 0 Å². The van der Waals surface area contributed by atoms with Gasteiger partial charge in [-0.15, -0.1) is 0 Å². The molecule has 1 aromatic rings. The van der Waals surface area contributed by atoms with E-state index in [-0.39, 0.29) is 56.7 Å². The molecule has 160 valence electrons. The second-order valence-corrected chi connectivity index (χ2v) is 9.74. The van der Waals surface area contributed by atoms with E-state index in [0.29, 0.717) is 13.8 Å². The number of aliphatic hydroxyl groups is 1. The molecule has 4 nitrogen and oxygen atoms in total. The van der Waals surface area contributed by atoms with Crippen molar-refractivity contribution < 1.29 is 66.3 Å². The number of aryl methyl sites for hydroxylation is 1. The molecule has 2 unspecified atom stereocenters. The van der Waals surface area contributed by atoms with Crippen LogP contribution in [0.15, 0.2) is 24.3 Å². The van der Waals surface area contributed by atoms with Crippen LogP contribution in [-0.4, -0.2) is 72.4 Å². The molecule has 1 aromatic carbocycles. The molecule has 4 bridgehead atoms. The van der Waals surface area contributed by atoms with Crippen molar-refractivity contribution in [1.29, 1.82) is 0 Å². The van der Waals surface area contributed by atoms with Gasteiger partial charge in [-0.1, -0.05) is 43.7 Å². The molecule has 27 heavy (non-hydrogen) atoms. The summed E-state index contributed by atoms with van der Waals surface area (Å²) >= 11 is 0. The average molecular weight is 546 g/mol. The maximum absolute atomic E-state index is 7.00. The van der Waals surface area contributed by atoms with Gasteiger partial charge in [-0.2, -0.15) is 0 Å². The van der Waals surface area contributed by atoms with Crippen molar-refractivity contribution in [1.82, 2.24) is 9.80 Å². The summed E-state index contributed by atoms with van der Waals surface area (Å²) in [6, 6.07) is 8.71. The Morgan fingerprint density at radius 3 is 1.74 bits per heavy atom. The minimum absolute atomic E-state index is 0. The molecular formula is C18H33Cl3N3OPRu. The van der Waals surface area contributed by atoms with E-state index in [0.717, 1.165) is 7.11 Å². The molecule has 0 saturated carbocycles. The van der Waals surface area contributed by atoms with Crippen LogP contribution in [0.3, 0.4) is 0 Å². The number of rotatable bonds is 1. The molecule has 5 rings (SSSR count). The van der Waals surface area contributed by atoms with Gasteiger partial charge in [0.25, 0.3) is 0 Å². The smallest absolute Gasteiger partial charge is 1.00 e. The predicted molar refractivity (Wildman–Crippen MR) is 99.4 cm³/mol. The molecule has 0 amide bonds. The normalized spacial score (nSPS) is 28.6. The maximum atomic E-state index is 7.00. The fraction of sp³-hybridized carbons (Fsp3) is 0.667. The number of benzene rings is 1. The summed E-state index contributed by atoms with van der Waals surface area (Å²) in [4.78, 5) is 5.25. The zero-order valence-corrected chi connectivity index (χ0v) is 21.8. The summed E-state index contributed by atoms with van der Waals surface area (Å²) in [7, 11) is 3.77. The first kappa shape index (κ1) is 32.6. The first-order chi connectivity index (χ1) is 10.9. The van der Waals surface area contributed by atoms with Crippen molar-refractivity contribution >= 4 is 7.92 Å². The molecule has 4 aliphatic heterocycles. The third kappa shape index (κ3) is 9.56. The van der Waals surface area contributed by atoms with E-state index >= 15 is 0 Å². The molecular weight excluding hydrogens is 513 g/mol. The van der Waals surface area contributed by atoms with Crippen LogP contribution >= 0.6 is 7.92 Å². The van der Waals surface area contributed by atoms with Gasteiger partial charge in [0.2, 0.25) is 0 Å². The van der Waals surface area contributed by atoms with Gasteiger partial charge in [0.05, 0.1) is 13.7 Å². The summed E-state index contributed by atoms with van der Waals surface area (Å²) in [5.41, 5.74) is 2.76. The van der Waals surface area contributed by atoms with Crippen LogP contribution in [0.1, 0.15) is 30.9 Å². The number of nitrogens with zero attached hydrogens (tertiary/aromatic N) is 3. The van der Waals surface area contributed by atoms with Gasteiger partial charge in [0.1, 0.15) is 19.6 Å². The van der Waals surface area contributed by atoms with Crippen LogP contribution in [0.25, 0.3) is 0 Å². The van der Waals surface area contributed by atoms with Gasteiger partial charge in [0, 0.05) is 19.7 Å². The molecule has 4 heterocycles. The largest absolute Gasteiger partial charge is 2.00 e. The van der Waals surface area contributed by atoms with E-state index < -0.39 is 0 Å². The van der Waals surface area contributed by atoms with Crippen LogP contribution in [0.5, 0.6) is 0 Å². The molecule has 4 fully saturated rings. The molecule has 4 saturated heterocycles. The molecule has 4 aliphatic rings. The Kier molecular flexibility index (Phi) is 18.0. The minimum Gasteiger partial charge on any atom is -1.00 e. The second-order valence-electron chi connectivity index (χ2n) is 7.55. The van der Waals surface area contributed by atoms with E-state index in [9.17, 15) is 0 Å². The Labute approximate surface area is 198 Å². The molecule has 9 heteroatoms. The number of hydrogen-bond acceptors (Lipinski definition) is 3. The van der Waals surface area contributed by atoms with E-state index in [1.807, 2.05) is 0 Å². The Balaban J connectivity index is -0.000000346. The van der Waals surface area contributed by atoms with E-state index in [4.69, 9.17) is 5.11 Å². The van der Waals surface area contributed by atoms with Crippen LogP contribution in [0, 0.1) is 6.92 Å². The van der Waals surface area contributed by atoms with Crippen molar-refractivity contribution in [3.63, 3.8) is 0 Å². The standard InChI is InChI=1S/C10H14.C7H15N3P.CH4O.3ClH.Ru/c1-8(2)10-6-4-9(3)5-7-10;1-10-3-8-2-9(4-10)6-11(5-8)7-10;1-2;;;;/h4-8H,1-3H3;2-7H2,1H3;2H,1H3;3*1H;/q;+1;;;;;+2/p-3. The Bertz CT molecular complexity index is 474. The number of quaternary nitrogens is 1. The van der Waals surface area contributed by atoms with E-state index in [1.165, 1.54) is 54.5 Å². The minimum atomic E-state index is 0. The molecule has 0 aliphatic carbocycles. The quantitative estimate of drug-likeness (QED) is 0.216. The zero-order chi connectivity index (χ0) is 17.0. The first-order valence-corrected chi connectivity index (χ1v) is 10.4. The van der Waals surface area contributed by atoms with Crippen molar-refractivity contribution in [2.45, 2.75) is 26.7 Å². The van der Waals surface area contributed by atoms with Gasteiger partial charge in [-0.25, -0.2) is 9.80 Å². The first-order valence-electron chi connectivity index (χ1n) is 8.45. The van der Waals surface area contributed by atoms with E-state index in [2.05, 4.69) is 61.9 Å².